The molecule has 4 amide bonds. The Labute approximate surface area is 492 Å². The van der Waals surface area contributed by atoms with E-state index in [4.69, 9.17) is 0 Å². The van der Waals surface area contributed by atoms with Crippen LogP contribution in [0, 0.1) is 25.7 Å². The number of nitrogens with zero attached hydrogens (tertiary/aromatic N) is 2. The van der Waals surface area contributed by atoms with Crippen molar-refractivity contribution in [2.75, 3.05) is 13.1 Å². The fourth-order valence-corrected chi connectivity index (χ4v) is 33.9. The van der Waals surface area contributed by atoms with Gasteiger partial charge in [-0.1, -0.05) is 170 Å². The van der Waals surface area contributed by atoms with Gasteiger partial charge in [0.2, 0.25) is 0 Å². The van der Waals surface area contributed by atoms with Crippen molar-refractivity contribution in [3.63, 3.8) is 0 Å². The standard InChI is InChI=1S/C64H84N2O4S6Si2/c1-11-17-21-23-25-27-31-65-61(67)50-40(8)72-54(51(50)62(65)68)44-35-48-59(74-44)60-49(78(48,37-41(15-5)29-19-13-3)38-42(16-6)30-20-14-4)36-45(75-60)56-53-52(63(69)66(64(53)70)32-28-26-24-22-18-12-2)55(76-56)43-34-47-58(73-43)57-46(77(47,9)10)33-39(7)71-57/h33-36,41-42H,11-32,37-38H2,1-10H3. The summed E-state index contributed by atoms with van der Waals surface area (Å²) < 4.78 is 0. The number of aryl methyl sites for hydroxylation is 2. The first-order valence-electron chi connectivity index (χ1n) is 30.3. The number of unbranched alkanes of at least 4 members (excludes halogenated alkanes) is 12. The lowest BCUT2D eigenvalue weighted by atomic mass is 10.0. The summed E-state index contributed by atoms with van der Waals surface area (Å²) in [6.07, 6.45) is 22.7. The lowest BCUT2D eigenvalue weighted by molar-refractivity contribution is 0.0636. The number of hydrogen-bond acceptors (Lipinski definition) is 10. The summed E-state index contributed by atoms with van der Waals surface area (Å²) in [4.78, 5) is 76.3. The van der Waals surface area contributed by atoms with Crippen LogP contribution in [0.2, 0.25) is 25.2 Å². The van der Waals surface area contributed by atoms with Gasteiger partial charge in [-0.2, -0.15) is 0 Å². The van der Waals surface area contributed by atoms with Gasteiger partial charge in [0.15, 0.2) is 0 Å². The quantitative estimate of drug-likeness (QED) is 0.0266. The van der Waals surface area contributed by atoms with Crippen molar-refractivity contribution in [2.24, 2.45) is 11.8 Å². The third-order valence-electron chi connectivity index (χ3n) is 18.2. The number of hydrogen-bond donors (Lipinski definition) is 0. The zero-order valence-corrected chi connectivity index (χ0v) is 55.3. The maximum Gasteiger partial charge on any atom is 0.263 e. The highest BCUT2D eigenvalue weighted by Gasteiger charge is 2.52. The maximum atomic E-state index is 15.2. The Hall–Kier alpha value is -3.09. The monoisotopic (exact) mass is 1190 g/mol. The molecule has 0 fully saturated rings. The second-order valence-electron chi connectivity index (χ2n) is 23.9. The molecule has 0 aliphatic carbocycles. The van der Waals surface area contributed by atoms with Gasteiger partial charge in [-0.05, 0) is 95.6 Å². The van der Waals surface area contributed by atoms with Gasteiger partial charge in [0.05, 0.1) is 36.9 Å². The highest BCUT2D eigenvalue weighted by atomic mass is 32.1. The third-order valence-corrected chi connectivity index (χ3v) is 35.4. The van der Waals surface area contributed by atoms with Crippen LogP contribution < -0.4 is 20.7 Å². The van der Waals surface area contributed by atoms with Crippen LogP contribution in [0.1, 0.15) is 221 Å². The molecule has 2 unspecified atom stereocenters. The molecule has 6 aromatic heterocycles. The van der Waals surface area contributed by atoms with Crippen molar-refractivity contribution in [2.45, 2.75) is 209 Å². The molecule has 10 heterocycles. The van der Waals surface area contributed by atoms with E-state index in [2.05, 4.69) is 85.8 Å². The first kappa shape index (κ1) is 58.1. The van der Waals surface area contributed by atoms with Crippen molar-refractivity contribution in [3.05, 3.63) is 56.3 Å². The molecule has 6 aromatic rings. The first-order chi connectivity index (χ1) is 37.7. The molecule has 0 N–H and O–H groups in total. The van der Waals surface area contributed by atoms with Crippen LogP contribution >= 0.6 is 68.0 Å². The van der Waals surface area contributed by atoms with Gasteiger partial charge in [0, 0.05) is 57.0 Å². The minimum atomic E-state index is -2.55. The number of amides is 4. The predicted molar refractivity (Wildman–Crippen MR) is 346 cm³/mol. The van der Waals surface area contributed by atoms with Crippen LogP contribution in [0.25, 0.3) is 48.8 Å². The SMILES string of the molecule is CCCCCCCCN1C(=O)c2c(C)sc(-c3cc4c(s3)-c3sc(-c5sc(-c6cc7c(s6)-c6sc(C)cc6[Si]7(C)C)c6c5C(=O)N(CCCCCCCC)C6=O)cc3[Si]4(CC(CC)CCCC)CC(CC)CCCC)c2C1=O. The highest BCUT2D eigenvalue weighted by Crippen LogP contribution is 2.55. The lowest BCUT2D eigenvalue weighted by Gasteiger charge is -2.35. The predicted octanol–water partition coefficient (Wildman–Crippen LogP) is 18.4. The van der Waals surface area contributed by atoms with Crippen LogP contribution in [0.4, 0.5) is 0 Å². The van der Waals surface area contributed by atoms with Crippen molar-refractivity contribution in [3.8, 4) is 48.8 Å². The number of carbonyl (C=O) groups is 4. The molecule has 0 saturated heterocycles. The van der Waals surface area contributed by atoms with Crippen LogP contribution in [0.5, 0.6) is 0 Å². The summed E-state index contributed by atoms with van der Waals surface area (Å²) in [5.74, 6) is 0.711. The molecule has 4 aliphatic heterocycles. The Balaban J connectivity index is 1.12. The molecule has 10 rings (SSSR count). The fourth-order valence-electron chi connectivity index (χ4n) is 13.6. The molecule has 0 bridgehead atoms. The summed E-state index contributed by atoms with van der Waals surface area (Å²) >= 11 is 10.8. The van der Waals surface area contributed by atoms with E-state index in [1.807, 2.05) is 52.3 Å². The molecule has 6 nitrogen and oxygen atoms in total. The molecule has 0 aromatic carbocycles. The van der Waals surface area contributed by atoms with Crippen LogP contribution in [0.3, 0.4) is 0 Å². The number of thiophene rings is 6. The number of rotatable bonds is 29. The zero-order chi connectivity index (χ0) is 55.2. The Morgan fingerprint density at radius 2 is 0.782 bits per heavy atom. The van der Waals surface area contributed by atoms with Crippen molar-refractivity contribution in [1.29, 1.82) is 0 Å². The van der Waals surface area contributed by atoms with Crippen molar-refractivity contribution >= 4 is 129 Å². The molecule has 4 aliphatic rings. The molecule has 418 valence electrons. The summed E-state index contributed by atoms with van der Waals surface area (Å²) in [6, 6.07) is 12.3. The summed E-state index contributed by atoms with van der Waals surface area (Å²) in [5.41, 5.74) is 2.51. The summed E-state index contributed by atoms with van der Waals surface area (Å²) in [6.45, 7) is 24.1. The maximum absolute atomic E-state index is 15.2. The van der Waals surface area contributed by atoms with E-state index in [0.29, 0.717) is 47.2 Å². The number of imide groups is 2. The van der Waals surface area contributed by atoms with Gasteiger partial charge in [-0.15, -0.1) is 68.0 Å². The van der Waals surface area contributed by atoms with E-state index in [0.717, 1.165) is 85.5 Å². The van der Waals surface area contributed by atoms with E-state index < -0.39 is 16.1 Å². The van der Waals surface area contributed by atoms with Crippen LogP contribution in [0.15, 0.2) is 24.3 Å². The van der Waals surface area contributed by atoms with Crippen molar-refractivity contribution < 1.29 is 19.2 Å². The number of carbonyl (C=O) groups excluding carboxylic acids is 4. The minimum Gasteiger partial charge on any atom is -0.274 e. The van der Waals surface area contributed by atoms with Gasteiger partial charge >= 0.3 is 0 Å². The lowest BCUT2D eigenvalue weighted by Crippen LogP contribution is -2.56. The van der Waals surface area contributed by atoms with E-state index in [1.54, 1.807) is 32.5 Å². The average molecular weight is 1190 g/mol. The van der Waals surface area contributed by atoms with Gasteiger partial charge in [-0.25, -0.2) is 0 Å². The summed E-state index contributed by atoms with van der Waals surface area (Å²) in [7, 11) is -4.50. The highest BCUT2D eigenvalue weighted by molar-refractivity contribution is 7.35. The average Bonchev–Trinajstić information content (AvgIpc) is 3.51. The van der Waals surface area contributed by atoms with E-state index >= 15 is 9.59 Å². The fraction of sp³-hybridized carbons (Fsp3) is 0.562. The van der Waals surface area contributed by atoms with E-state index in [9.17, 15) is 9.59 Å². The molecule has 14 heteroatoms. The Morgan fingerprint density at radius 1 is 0.410 bits per heavy atom. The van der Waals surface area contributed by atoms with Gasteiger partial charge < -0.3 is 0 Å². The summed E-state index contributed by atoms with van der Waals surface area (Å²) in [5, 5.41) is 6.08. The normalized spacial score (nSPS) is 17.7. The Bertz CT molecular complexity index is 3190. The second kappa shape index (κ2) is 24.4. The molecule has 78 heavy (non-hydrogen) atoms. The number of fused-ring (bicyclic) bond motifs is 8. The molecular formula is C64H84N2O4S6Si2. The van der Waals surface area contributed by atoms with Crippen molar-refractivity contribution in [1.82, 2.24) is 9.80 Å². The van der Waals surface area contributed by atoms with Gasteiger partial charge in [0.1, 0.15) is 16.1 Å². The van der Waals surface area contributed by atoms with E-state index in [-0.39, 0.29) is 23.6 Å². The third kappa shape index (κ3) is 10.3. The molecule has 2 atom stereocenters. The first-order valence-corrected chi connectivity index (χ1v) is 40.6. The minimum absolute atomic E-state index is 0.113. The molecule has 0 saturated carbocycles. The van der Waals surface area contributed by atoms with Gasteiger partial charge in [0.25, 0.3) is 23.6 Å². The molecule has 0 radical (unpaired) electrons. The van der Waals surface area contributed by atoms with Crippen LogP contribution in [-0.2, 0) is 0 Å². The largest absolute Gasteiger partial charge is 0.274 e. The smallest absolute Gasteiger partial charge is 0.263 e. The van der Waals surface area contributed by atoms with E-state index in [1.165, 1.54) is 134 Å². The Kier molecular flexibility index (Phi) is 18.2. The van der Waals surface area contributed by atoms with Gasteiger partial charge in [-0.3, -0.25) is 29.0 Å². The molecule has 0 spiro atoms. The zero-order valence-electron chi connectivity index (χ0n) is 48.4. The van der Waals surface area contributed by atoms with Crippen LogP contribution in [-0.4, -0.2) is 62.7 Å². The second-order valence-corrected chi connectivity index (χ2v) is 39.0. The topological polar surface area (TPSA) is 74.8 Å². The molecular weight excluding hydrogens is 1110 g/mol. The Morgan fingerprint density at radius 3 is 1.24 bits per heavy atom.